The van der Waals surface area contributed by atoms with Crippen LogP contribution in [-0.4, -0.2) is 37.8 Å². The number of anilines is 1. The highest BCUT2D eigenvalue weighted by atomic mass is 19.1. The van der Waals surface area contributed by atoms with Crippen molar-refractivity contribution in [2.24, 2.45) is 0 Å². The standard InChI is InChI=1S/C21H21F2N3O2/c22-16-3-1-4-18-20(16)25-21(28-18)13-9-15-17(23)10-14(11-19(15)27-12-13)26-7-2-5-24-6-8-26/h1,3-4,10-11,13,24H,2,5-9,12H2. The Kier molecular flexibility index (Phi) is 4.39. The summed E-state index contributed by atoms with van der Waals surface area (Å²) in [7, 11) is 0. The summed E-state index contributed by atoms with van der Waals surface area (Å²) in [5.74, 6) is 0.00434. The number of fused-ring (bicyclic) bond motifs is 2. The maximum Gasteiger partial charge on any atom is 0.202 e. The molecule has 0 saturated carbocycles. The first-order valence-electron chi connectivity index (χ1n) is 9.65. The Hall–Kier alpha value is -2.67. The molecule has 3 heterocycles. The molecule has 28 heavy (non-hydrogen) atoms. The number of nitrogens with one attached hydrogen (secondary N) is 1. The Balaban J connectivity index is 1.43. The normalized spacial score (nSPS) is 19.9. The molecule has 1 aromatic heterocycles. The number of para-hydroxylation sites is 1. The van der Waals surface area contributed by atoms with Crippen LogP contribution < -0.4 is 15.0 Å². The van der Waals surface area contributed by atoms with Gasteiger partial charge in [-0.15, -0.1) is 0 Å². The fraction of sp³-hybridized carbons (Fsp3) is 0.381. The van der Waals surface area contributed by atoms with E-state index in [1.807, 2.05) is 6.07 Å². The molecule has 0 amide bonds. The van der Waals surface area contributed by atoms with Gasteiger partial charge in [0.15, 0.2) is 11.4 Å². The van der Waals surface area contributed by atoms with E-state index in [1.54, 1.807) is 18.2 Å². The number of hydrogen-bond acceptors (Lipinski definition) is 5. The molecule has 2 aliphatic rings. The first-order valence-corrected chi connectivity index (χ1v) is 9.65. The van der Waals surface area contributed by atoms with Crippen LogP contribution in [0, 0.1) is 11.6 Å². The number of rotatable bonds is 2. The molecule has 7 heteroatoms. The number of hydrogen-bond donors (Lipinski definition) is 1. The number of benzene rings is 2. The lowest BCUT2D eigenvalue weighted by Gasteiger charge is -2.27. The molecule has 5 nitrogen and oxygen atoms in total. The molecule has 0 aliphatic carbocycles. The molecule has 0 spiro atoms. The smallest absolute Gasteiger partial charge is 0.202 e. The summed E-state index contributed by atoms with van der Waals surface area (Å²) >= 11 is 0. The van der Waals surface area contributed by atoms with Crippen molar-refractivity contribution in [1.82, 2.24) is 10.3 Å². The topological polar surface area (TPSA) is 50.5 Å². The van der Waals surface area contributed by atoms with Crippen molar-refractivity contribution >= 4 is 16.8 Å². The number of oxazole rings is 1. The third kappa shape index (κ3) is 3.09. The maximum absolute atomic E-state index is 14.9. The van der Waals surface area contributed by atoms with Crippen molar-refractivity contribution in [3.8, 4) is 5.75 Å². The second kappa shape index (κ2) is 7.05. The highest BCUT2D eigenvalue weighted by Crippen LogP contribution is 2.37. The monoisotopic (exact) mass is 385 g/mol. The van der Waals surface area contributed by atoms with E-state index >= 15 is 0 Å². The number of aromatic nitrogens is 1. The first kappa shape index (κ1) is 17.4. The molecule has 0 radical (unpaired) electrons. The van der Waals surface area contributed by atoms with Gasteiger partial charge in [0.25, 0.3) is 0 Å². The van der Waals surface area contributed by atoms with E-state index in [2.05, 4.69) is 15.2 Å². The highest BCUT2D eigenvalue weighted by molar-refractivity contribution is 5.73. The van der Waals surface area contributed by atoms with Gasteiger partial charge in [0, 0.05) is 37.0 Å². The van der Waals surface area contributed by atoms with Crippen LogP contribution in [0.25, 0.3) is 11.1 Å². The molecule has 5 rings (SSSR count). The minimum atomic E-state index is -0.424. The van der Waals surface area contributed by atoms with Crippen molar-refractivity contribution in [1.29, 1.82) is 0 Å². The summed E-state index contributed by atoms with van der Waals surface area (Å²) in [6.45, 7) is 3.92. The predicted molar refractivity (Wildman–Crippen MR) is 102 cm³/mol. The second-order valence-corrected chi connectivity index (χ2v) is 7.35. The maximum atomic E-state index is 14.9. The van der Waals surface area contributed by atoms with Gasteiger partial charge in [0.1, 0.15) is 23.7 Å². The zero-order valence-corrected chi connectivity index (χ0v) is 15.4. The van der Waals surface area contributed by atoms with Crippen molar-refractivity contribution in [2.75, 3.05) is 37.7 Å². The fourth-order valence-electron chi connectivity index (χ4n) is 3.97. The SMILES string of the molecule is Fc1cc(N2CCCNCC2)cc2c1CC(c1nc3c(F)cccc3o1)CO2. The van der Waals surface area contributed by atoms with Crippen LogP contribution in [-0.2, 0) is 6.42 Å². The van der Waals surface area contributed by atoms with E-state index in [0.717, 1.165) is 38.3 Å². The fourth-order valence-corrected chi connectivity index (χ4v) is 3.97. The molecule has 3 aromatic rings. The molecule has 2 aliphatic heterocycles. The van der Waals surface area contributed by atoms with Gasteiger partial charge in [-0.1, -0.05) is 6.07 Å². The summed E-state index contributed by atoms with van der Waals surface area (Å²) in [5, 5.41) is 3.35. The Bertz CT molecular complexity index is 1010. The first-order chi connectivity index (χ1) is 13.7. The summed E-state index contributed by atoms with van der Waals surface area (Å²) < 4.78 is 40.4. The van der Waals surface area contributed by atoms with Crippen molar-refractivity contribution in [2.45, 2.75) is 18.8 Å². The van der Waals surface area contributed by atoms with Crippen LogP contribution in [0.5, 0.6) is 5.75 Å². The van der Waals surface area contributed by atoms with E-state index in [1.165, 1.54) is 6.07 Å². The van der Waals surface area contributed by atoms with Gasteiger partial charge in [-0.3, -0.25) is 0 Å². The van der Waals surface area contributed by atoms with E-state index in [-0.39, 0.29) is 17.3 Å². The van der Waals surface area contributed by atoms with Gasteiger partial charge >= 0.3 is 0 Å². The lowest BCUT2D eigenvalue weighted by atomic mass is 9.95. The molecule has 1 unspecified atom stereocenters. The van der Waals surface area contributed by atoms with Gasteiger partial charge in [-0.2, -0.15) is 0 Å². The molecular weight excluding hydrogens is 364 g/mol. The van der Waals surface area contributed by atoms with Crippen LogP contribution in [0.1, 0.15) is 23.8 Å². The van der Waals surface area contributed by atoms with E-state index in [4.69, 9.17) is 9.15 Å². The quantitative estimate of drug-likeness (QED) is 0.730. The minimum absolute atomic E-state index is 0.203. The molecule has 1 saturated heterocycles. The van der Waals surface area contributed by atoms with E-state index in [0.29, 0.717) is 35.8 Å². The van der Waals surface area contributed by atoms with Crippen LogP contribution >= 0.6 is 0 Å². The summed E-state index contributed by atoms with van der Waals surface area (Å²) in [4.78, 5) is 6.46. The average Bonchev–Trinajstić information content (AvgIpc) is 2.96. The highest BCUT2D eigenvalue weighted by Gasteiger charge is 2.29. The summed E-state index contributed by atoms with van der Waals surface area (Å²) in [5.41, 5.74) is 1.97. The van der Waals surface area contributed by atoms with Gasteiger partial charge < -0.3 is 19.4 Å². The molecule has 1 N–H and O–H groups in total. The van der Waals surface area contributed by atoms with Gasteiger partial charge in [0.2, 0.25) is 5.89 Å². The van der Waals surface area contributed by atoms with Crippen LogP contribution in [0.15, 0.2) is 34.7 Å². The zero-order chi connectivity index (χ0) is 19.1. The van der Waals surface area contributed by atoms with Gasteiger partial charge in [-0.05, 0) is 37.6 Å². The van der Waals surface area contributed by atoms with Gasteiger partial charge in [-0.25, -0.2) is 13.8 Å². The predicted octanol–water partition coefficient (Wildman–Crippen LogP) is 3.62. The Morgan fingerprint density at radius 2 is 2.04 bits per heavy atom. The minimum Gasteiger partial charge on any atom is -0.492 e. The second-order valence-electron chi connectivity index (χ2n) is 7.35. The van der Waals surface area contributed by atoms with E-state index in [9.17, 15) is 8.78 Å². The summed E-state index contributed by atoms with van der Waals surface area (Å²) in [6.07, 6.45) is 1.44. The molecular formula is C21H21F2N3O2. The Morgan fingerprint density at radius 3 is 2.93 bits per heavy atom. The average molecular weight is 385 g/mol. The molecule has 2 aromatic carbocycles. The number of ether oxygens (including phenoxy) is 1. The Labute approximate surface area is 161 Å². The van der Waals surface area contributed by atoms with Crippen LogP contribution in [0.2, 0.25) is 0 Å². The van der Waals surface area contributed by atoms with Crippen molar-refractivity contribution in [3.63, 3.8) is 0 Å². The van der Waals surface area contributed by atoms with Crippen LogP contribution in [0.4, 0.5) is 14.5 Å². The largest absolute Gasteiger partial charge is 0.492 e. The summed E-state index contributed by atoms with van der Waals surface area (Å²) in [6, 6.07) is 8.11. The Morgan fingerprint density at radius 1 is 1.11 bits per heavy atom. The molecule has 0 bridgehead atoms. The lowest BCUT2D eigenvalue weighted by molar-refractivity contribution is 0.240. The lowest BCUT2D eigenvalue weighted by Crippen LogP contribution is -2.28. The van der Waals surface area contributed by atoms with Crippen molar-refractivity contribution < 1.29 is 17.9 Å². The zero-order valence-electron chi connectivity index (χ0n) is 15.4. The third-order valence-corrected chi connectivity index (χ3v) is 5.47. The van der Waals surface area contributed by atoms with Crippen molar-refractivity contribution in [3.05, 3.63) is 53.4 Å². The van der Waals surface area contributed by atoms with Gasteiger partial charge in [0.05, 0.1) is 5.92 Å². The molecule has 1 fully saturated rings. The van der Waals surface area contributed by atoms with Crippen LogP contribution in [0.3, 0.4) is 0 Å². The third-order valence-electron chi connectivity index (χ3n) is 5.47. The number of halogens is 2. The molecule has 1 atom stereocenters. The number of nitrogens with zero attached hydrogens (tertiary/aromatic N) is 2. The van der Waals surface area contributed by atoms with E-state index < -0.39 is 5.82 Å². The molecule has 146 valence electrons.